The van der Waals surface area contributed by atoms with Gasteiger partial charge >= 0.3 is 0 Å². The average Bonchev–Trinajstić information content (AvgIpc) is 3.08. The van der Waals surface area contributed by atoms with Crippen LogP contribution in [0.4, 0.5) is 5.82 Å². The smallest absolute Gasteiger partial charge is 0.146 e. The maximum atomic E-state index is 4.89. The van der Waals surface area contributed by atoms with Crippen molar-refractivity contribution >= 4 is 39.1 Å². The molecular formula is C17H26N4S2. The van der Waals surface area contributed by atoms with Crippen molar-refractivity contribution in [1.29, 1.82) is 0 Å². The second-order valence-corrected chi connectivity index (χ2v) is 8.55. The third kappa shape index (κ3) is 3.80. The molecule has 0 saturated carbocycles. The zero-order chi connectivity index (χ0) is 16.4. The Hall–Kier alpha value is -0.850. The van der Waals surface area contributed by atoms with E-state index in [-0.39, 0.29) is 0 Å². The van der Waals surface area contributed by atoms with Crippen molar-refractivity contribution in [3.05, 3.63) is 16.3 Å². The Morgan fingerprint density at radius 2 is 2.00 bits per heavy atom. The first-order chi connectivity index (χ1) is 11.1. The predicted octanol–water partition coefficient (Wildman–Crippen LogP) is 4.07. The fourth-order valence-corrected chi connectivity index (χ4v) is 4.77. The highest BCUT2D eigenvalue weighted by molar-refractivity contribution is 7.98. The molecule has 0 aromatic carbocycles. The number of thiophene rings is 1. The van der Waals surface area contributed by atoms with Gasteiger partial charge in [0.2, 0.25) is 0 Å². The molecule has 0 aliphatic carbocycles. The van der Waals surface area contributed by atoms with E-state index in [0.29, 0.717) is 6.04 Å². The van der Waals surface area contributed by atoms with Gasteiger partial charge in [0.1, 0.15) is 16.5 Å². The minimum Gasteiger partial charge on any atom is -0.366 e. The van der Waals surface area contributed by atoms with Crippen LogP contribution in [0.1, 0.15) is 36.0 Å². The van der Waals surface area contributed by atoms with Crippen LogP contribution in [-0.2, 0) is 6.54 Å². The fraction of sp³-hybridized carbons (Fsp3) is 0.647. The minimum atomic E-state index is 0.405. The van der Waals surface area contributed by atoms with Crippen molar-refractivity contribution < 1.29 is 0 Å². The van der Waals surface area contributed by atoms with Crippen LogP contribution in [-0.4, -0.2) is 46.0 Å². The second kappa shape index (κ2) is 7.36. The van der Waals surface area contributed by atoms with E-state index in [1.807, 2.05) is 11.8 Å². The summed E-state index contributed by atoms with van der Waals surface area (Å²) >= 11 is 3.65. The minimum absolute atomic E-state index is 0.405. The van der Waals surface area contributed by atoms with E-state index in [1.54, 1.807) is 11.3 Å². The molecule has 6 heteroatoms. The Kier molecular flexibility index (Phi) is 5.44. The summed E-state index contributed by atoms with van der Waals surface area (Å²) in [5.74, 6) is 3.06. The number of likely N-dealkylation sites (tertiary alicyclic amines) is 1. The standard InChI is InChI=1S/C17H26N4S2/c1-11(10-22-4)18-16-15-12(2)13(3)23-17(15)20-14(19-16)9-21-7-5-6-8-21/h11H,5-10H2,1-4H3,(H,18,19,20). The van der Waals surface area contributed by atoms with Gasteiger partial charge in [0.05, 0.1) is 11.9 Å². The van der Waals surface area contributed by atoms with Crippen LogP contribution in [0.15, 0.2) is 0 Å². The van der Waals surface area contributed by atoms with Gasteiger partial charge in [-0.15, -0.1) is 11.3 Å². The van der Waals surface area contributed by atoms with Crippen LogP contribution in [0.3, 0.4) is 0 Å². The number of thioether (sulfide) groups is 1. The van der Waals surface area contributed by atoms with Gasteiger partial charge in [0, 0.05) is 16.7 Å². The van der Waals surface area contributed by atoms with Gasteiger partial charge in [0.15, 0.2) is 0 Å². The molecular weight excluding hydrogens is 324 g/mol. The summed E-state index contributed by atoms with van der Waals surface area (Å²) in [7, 11) is 0. The molecule has 1 unspecified atom stereocenters. The number of aryl methyl sites for hydroxylation is 2. The average molecular weight is 351 g/mol. The van der Waals surface area contributed by atoms with E-state index >= 15 is 0 Å². The van der Waals surface area contributed by atoms with E-state index in [0.717, 1.165) is 28.8 Å². The Morgan fingerprint density at radius 3 is 2.70 bits per heavy atom. The van der Waals surface area contributed by atoms with Crippen LogP contribution in [0, 0.1) is 13.8 Å². The highest BCUT2D eigenvalue weighted by Gasteiger charge is 2.18. The van der Waals surface area contributed by atoms with E-state index in [2.05, 4.69) is 37.2 Å². The molecule has 3 rings (SSSR count). The summed E-state index contributed by atoms with van der Waals surface area (Å²) in [6, 6.07) is 0.405. The molecule has 0 radical (unpaired) electrons. The lowest BCUT2D eigenvalue weighted by molar-refractivity contribution is 0.323. The first-order valence-corrected chi connectivity index (χ1v) is 10.5. The number of rotatable bonds is 6. The second-order valence-electron chi connectivity index (χ2n) is 6.44. The highest BCUT2D eigenvalue weighted by Crippen LogP contribution is 2.34. The van der Waals surface area contributed by atoms with Crippen LogP contribution in [0.2, 0.25) is 0 Å². The number of nitrogens with zero attached hydrogens (tertiary/aromatic N) is 3. The van der Waals surface area contributed by atoms with Gasteiger partial charge in [-0.3, -0.25) is 4.90 Å². The molecule has 3 heterocycles. The van der Waals surface area contributed by atoms with Crippen LogP contribution >= 0.6 is 23.1 Å². The lowest BCUT2D eigenvalue weighted by Crippen LogP contribution is -2.22. The van der Waals surface area contributed by atoms with Gasteiger partial charge in [-0.1, -0.05) is 0 Å². The molecule has 1 atom stereocenters. The number of anilines is 1. The molecule has 1 N–H and O–H groups in total. The third-order valence-electron chi connectivity index (χ3n) is 4.44. The monoisotopic (exact) mass is 350 g/mol. The molecule has 4 nitrogen and oxygen atoms in total. The zero-order valence-electron chi connectivity index (χ0n) is 14.5. The van der Waals surface area contributed by atoms with E-state index in [4.69, 9.17) is 9.97 Å². The SMILES string of the molecule is CSCC(C)Nc1nc(CN2CCCC2)nc2sc(C)c(C)c12. The van der Waals surface area contributed by atoms with Crippen molar-refractivity contribution in [2.24, 2.45) is 0 Å². The molecule has 1 aliphatic rings. The largest absolute Gasteiger partial charge is 0.366 e. The number of hydrogen-bond donors (Lipinski definition) is 1. The number of aromatic nitrogens is 2. The fourth-order valence-electron chi connectivity index (χ4n) is 3.13. The van der Waals surface area contributed by atoms with E-state index < -0.39 is 0 Å². The topological polar surface area (TPSA) is 41.1 Å². The Balaban J connectivity index is 1.95. The van der Waals surface area contributed by atoms with Crippen LogP contribution < -0.4 is 5.32 Å². The third-order valence-corrected chi connectivity index (χ3v) is 6.37. The first kappa shape index (κ1) is 17.0. The lowest BCUT2D eigenvalue weighted by atomic mass is 10.2. The maximum absolute atomic E-state index is 4.89. The van der Waals surface area contributed by atoms with E-state index in [9.17, 15) is 0 Å². The molecule has 23 heavy (non-hydrogen) atoms. The Bertz CT molecular complexity index is 677. The molecule has 1 fully saturated rings. The van der Waals surface area contributed by atoms with Crippen molar-refractivity contribution in [3.8, 4) is 0 Å². The molecule has 1 saturated heterocycles. The molecule has 1 aliphatic heterocycles. The van der Waals surface area contributed by atoms with Crippen molar-refractivity contribution in [1.82, 2.24) is 14.9 Å². The van der Waals surface area contributed by atoms with Crippen LogP contribution in [0.25, 0.3) is 10.2 Å². The summed E-state index contributed by atoms with van der Waals surface area (Å²) in [5.41, 5.74) is 1.32. The van der Waals surface area contributed by atoms with Crippen molar-refractivity contribution in [2.75, 3.05) is 30.4 Å². The Labute approximate surface area is 147 Å². The number of hydrogen-bond acceptors (Lipinski definition) is 6. The predicted molar refractivity (Wildman–Crippen MR) is 103 cm³/mol. The van der Waals surface area contributed by atoms with Gasteiger partial charge in [-0.2, -0.15) is 11.8 Å². The quantitative estimate of drug-likeness (QED) is 0.850. The highest BCUT2D eigenvalue weighted by atomic mass is 32.2. The normalized spacial score (nSPS) is 17.0. The zero-order valence-corrected chi connectivity index (χ0v) is 16.1. The molecule has 2 aromatic rings. The van der Waals surface area contributed by atoms with Gasteiger partial charge in [-0.05, 0) is 58.5 Å². The summed E-state index contributed by atoms with van der Waals surface area (Å²) in [6.45, 7) is 9.81. The first-order valence-electron chi connectivity index (χ1n) is 8.33. The molecule has 0 bridgehead atoms. The Morgan fingerprint density at radius 1 is 1.26 bits per heavy atom. The van der Waals surface area contributed by atoms with Crippen LogP contribution in [0.5, 0.6) is 0 Å². The lowest BCUT2D eigenvalue weighted by Gasteiger charge is -2.17. The summed E-state index contributed by atoms with van der Waals surface area (Å²) < 4.78 is 0. The number of fused-ring (bicyclic) bond motifs is 1. The van der Waals surface area contributed by atoms with Gasteiger partial charge in [0.25, 0.3) is 0 Å². The van der Waals surface area contributed by atoms with Gasteiger partial charge in [-0.25, -0.2) is 9.97 Å². The van der Waals surface area contributed by atoms with E-state index in [1.165, 1.54) is 41.8 Å². The summed E-state index contributed by atoms with van der Waals surface area (Å²) in [4.78, 5) is 14.7. The number of nitrogens with one attached hydrogen (secondary N) is 1. The maximum Gasteiger partial charge on any atom is 0.146 e. The molecule has 0 spiro atoms. The summed E-state index contributed by atoms with van der Waals surface area (Å²) in [5, 5.41) is 4.84. The van der Waals surface area contributed by atoms with Crippen molar-refractivity contribution in [3.63, 3.8) is 0 Å². The van der Waals surface area contributed by atoms with Crippen molar-refractivity contribution in [2.45, 2.75) is 46.2 Å². The molecule has 126 valence electrons. The summed E-state index contributed by atoms with van der Waals surface area (Å²) in [6.07, 6.45) is 4.75. The molecule has 0 amide bonds. The molecule has 2 aromatic heterocycles. The van der Waals surface area contributed by atoms with Gasteiger partial charge < -0.3 is 5.32 Å².